The van der Waals surface area contributed by atoms with E-state index in [-0.39, 0.29) is 0 Å². The summed E-state index contributed by atoms with van der Waals surface area (Å²) in [6.45, 7) is 10.8. The zero-order valence-electron chi connectivity index (χ0n) is 11.9. The Bertz CT molecular complexity index is 583. The molecule has 1 heteroatoms. The highest BCUT2D eigenvalue weighted by atomic mass is 14.6. The standard InChI is InChI=1S/C17H21N/c1-10-9-11(2)13(4)17(12(10)3)15-7-6-8-16(18)14(15)5/h6-9H,18H2,1-5H3. The Morgan fingerprint density at radius 3 is 1.89 bits per heavy atom. The molecule has 2 N–H and O–H groups in total. The Hall–Kier alpha value is -1.76. The van der Waals surface area contributed by atoms with Gasteiger partial charge in [-0.15, -0.1) is 0 Å². The molecule has 0 bridgehead atoms. The van der Waals surface area contributed by atoms with Crippen LogP contribution in [0.1, 0.15) is 27.8 Å². The summed E-state index contributed by atoms with van der Waals surface area (Å²) in [5.41, 5.74) is 16.1. The summed E-state index contributed by atoms with van der Waals surface area (Å²) in [6, 6.07) is 8.43. The molecule has 1 nitrogen and oxygen atoms in total. The van der Waals surface area contributed by atoms with Crippen LogP contribution in [0.15, 0.2) is 24.3 Å². The number of rotatable bonds is 1. The van der Waals surface area contributed by atoms with E-state index in [1.54, 1.807) is 0 Å². The lowest BCUT2D eigenvalue weighted by atomic mass is 9.87. The van der Waals surface area contributed by atoms with Gasteiger partial charge in [-0.05, 0) is 79.6 Å². The van der Waals surface area contributed by atoms with E-state index in [0.29, 0.717) is 0 Å². The molecule has 0 unspecified atom stereocenters. The lowest BCUT2D eigenvalue weighted by Gasteiger charge is -2.18. The minimum Gasteiger partial charge on any atom is -0.398 e. The van der Waals surface area contributed by atoms with Crippen molar-refractivity contribution < 1.29 is 0 Å². The van der Waals surface area contributed by atoms with E-state index in [1.807, 2.05) is 12.1 Å². The van der Waals surface area contributed by atoms with Gasteiger partial charge in [-0.3, -0.25) is 0 Å². The molecule has 0 heterocycles. The number of nitrogen functional groups attached to an aromatic ring is 1. The molecule has 0 atom stereocenters. The van der Waals surface area contributed by atoms with Crippen molar-refractivity contribution in [1.29, 1.82) is 0 Å². The molecule has 0 saturated carbocycles. The zero-order chi connectivity index (χ0) is 13.4. The van der Waals surface area contributed by atoms with Crippen molar-refractivity contribution in [2.24, 2.45) is 0 Å². The molecule has 2 aromatic rings. The predicted octanol–water partition coefficient (Wildman–Crippen LogP) is 4.48. The molecule has 0 spiro atoms. The predicted molar refractivity (Wildman–Crippen MR) is 80.0 cm³/mol. The Labute approximate surface area is 110 Å². The first kappa shape index (κ1) is 12.7. The van der Waals surface area contributed by atoms with Crippen molar-refractivity contribution in [2.45, 2.75) is 34.6 Å². The van der Waals surface area contributed by atoms with Gasteiger partial charge in [-0.1, -0.05) is 18.2 Å². The van der Waals surface area contributed by atoms with Crippen LogP contribution in [-0.2, 0) is 0 Å². The number of aryl methyl sites for hydroxylation is 2. The van der Waals surface area contributed by atoms with Gasteiger partial charge in [0.1, 0.15) is 0 Å². The van der Waals surface area contributed by atoms with Crippen molar-refractivity contribution in [3.8, 4) is 11.1 Å². The molecule has 0 aliphatic rings. The summed E-state index contributed by atoms with van der Waals surface area (Å²) in [6.07, 6.45) is 0. The highest BCUT2D eigenvalue weighted by Crippen LogP contribution is 2.35. The minimum atomic E-state index is 0.866. The van der Waals surface area contributed by atoms with E-state index >= 15 is 0 Å². The smallest absolute Gasteiger partial charge is 0.0349 e. The van der Waals surface area contributed by atoms with E-state index in [4.69, 9.17) is 5.73 Å². The molecule has 0 saturated heterocycles. The van der Waals surface area contributed by atoms with E-state index < -0.39 is 0 Å². The molecule has 0 aliphatic carbocycles. The molecule has 0 amide bonds. The minimum absolute atomic E-state index is 0.866. The second-order valence-corrected chi connectivity index (χ2v) is 5.16. The van der Waals surface area contributed by atoms with Gasteiger partial charge >= 0.3 is 0 Å². The average Bonchev–Trinajstić information content (AvgIpc) is 2.32. The van der Waals surface area contributed by atoms with Crippen LogP contribution in [0.4, 0.5) is 5.69 Å². The fourth-order valence-corrected chi connectivity index (χ4v) is 2.55. The SMILES string of the molecule is Cc1cc(C)c(C)c(-c2cccc(N)c2C)c1C. The summed E-state index contributed by atoms with van der Waals surface area (Å²) in [5, 5.41) is 0. The van der Waals surface area contributed by atoms with Crippen LogP contribution in [0.3, 0.4) is 0 Å². The normalized spacial score (nSPS) is 10.7. The van der Waals surface area contributed by atoms with Gasteiger partial charge in [0.25, 0.3) is 0 Å². The van der Waals surface area contributed by atoms with Crippen molar-refractivity contribution in [1.82, 2.24) is 0 Å². The van der Waals surface area contributed by atoms with E-state index in [9.17, 15) is 0 Å². The van der Waals surface area contributed by atoms with E-state index in [0.717, 1.165) is 5.69 Å². The summed E-state index contributed by atoms with van der Waals surface area (Å²) in [4.78, 5) is 0. The maximum atomic E-state index is 6.03. The van der Waals surface area contributed by atoms with Crippen LogP contribution >= 0.6 is 0 Å². The number of benzene rings is 2. The van der Waals surface area contributed by atoms with Crippen molar-refractivity contribution >= 4 is 5.69 Å². The highest BCUT2D eigenvalue weighted by Gasteiger charge is 2.13. The first-order valence-electron chi connectivity index (χ1n) is 6.36. The first-order chi connectivity index (χ1) is 8.43. The van der Waals surface area contributed by atoms with Gasteiger partial charge in [0.05, 0.1) is 0 Å². The molecule has 0 aromatic heterocycles. The topological polar surface area (TPSA) is 26.0 Å². The average molecular weight is 239 g/mol. The molecule has 0 radical (unpaired) electrons. The number of nitrogens with two attached hydrogens (primary N) is 1. The molecule has 0 fully saturated rings. The first-order valence-corrected chi connectivity index (χ1v) is 6.36. The molecular formula is C17H21N. The molecule has 18 heavy (non-hydrogen) atoms. The Balaban J connectivity index is 2.83. The van der Waals surface area contributed by atoms with E-state index in [1.165, 1.54) is 38.9 Å². The summed E-state index contributed by atoms with van der Waals surface area (Å²) >= 11 is 0. The van der Waals surface area contributed by atoms with Crippen molar-refractivity contribution in [2.75, 3.05) is 5.73 Å². The van der Waals surface area contributed by atoms with Crippen molar-refractivity contribution in [3.05, 3.63) is 52.1 Å². The summed E-state index contributed by atoms with van der Waals surface area (Å²) < 4.78 is 0. The van der Waals surface area contributed by atoms with Crippen LogP contribution < -0.4 is 5.73 Å². The third-order valence-electron chi connectivity index (χ3n) is 4.01. The maximum Gasteiger partial charge on any atom is 0.0349 e. The summed E-state index contributed by atoms with van der Waals surface area (Å²) in [7, 11) is 0. The Kier molecular flexibility index (Phi) is 3.16. The third-order valence-corrected chi connectivity index (χ3v) is 4.01. The summed E-state index contributed by atoms with van der Waals surface area (Å²) in [5.74, 6) is 0. The monoisotopic (exact) mass is 239 g/mol. The Morgan fingerprint density at radius 2 is 1.33 bits per heavy atom. The number of hydrogen-bond donors (Lipinski definition) is 1. The molecule has 0 aliphatic heterocycles. The van der Waals surface area contributed by atoms with Crippen LogP contribution in [0, 0.1) is 34.6 Å². The lowest BCUT2D eigenvalue weighted by molar-refractivity contribution is 1.24. The fraction of sp³-hybridized carbons (Fsp3) is 0.294. The van der Waals surface area contributed by atoms with Gasteiger partial charge in [0.2, 0.25) is 0 Å². The van der Waals surface area contributed by atoms with Crippen LogP contribution in [0.2, 0.25) is 0 Å². The van der Waals surface area contributed by atoms with Gasteiger partial charge < -0.3 is 5.73 Å². The molecule has 2 aromatic carbocycles. The maximum absolute atomic E-state index is 6.03. The Morgan fingerprint density at radius 1 is 0.778 bits per heavy atom. The van der Waals surface area contributed by atoms with Gasteiger partial charge in [0, 0.05) is 5.69 Å². The molecule has 94 valence electrons. The third kappa shape index (κ3) is 1.90. The zero-order valence-corrected chi connectivity index (χ0v) is 11.9. The highest BCUT2D eigenvalue weighted by molar-refractivity contribution is 5.79. The number of hydrogen-bond acceptors (Lipinski definition) is 1. The quantitative estimate of drug-likeness (QED) is 0.730. The van der Waals surface area contributed by atoms with E-state index in [2.05, 4.69) is 46.8 Å². The second kappa shape index (κ2) is 4.49. The van der Waals surface area contributed by atoms with Gasteiger partial charge in [0.15, 0.2) is 0 Å². The van der Waals surface area contributed by atoms with Crippen LogP contribution in [-0.4, -0.2) is 0 Å². The van der Waals surface area contributed by atoms with Crippen LogP contribution in [0.5, 0.6) is 0 Å². The molecule has 2 rings (SSSR count). The van der Waals surface area contributed by atoms with Gasteiger partial charge in [-0.2, -0.15) is 0 Å². The second-order valence-electron chi connectivity index (χ2n) is 5.16. The van der Waals surface area contributed by atoms with Crippen molar-refractivity contribution in [3.63, 3.8) is 0 Å². The van der Waals surface area contributed by atoms with Gasteiger partial charge in [-0.25, -0.2) is 0 Å². The largest absolute Gasteiger partial charge is 0.398 e. The number of anilines is 1. The fourth-order valence-electron chi connectivity index (χ4n) is 2.55. The molecular weight excluding hydrogens is 218 g/mol. The van der Waals surface area contributed by atoms with Crippen LogP contribution in [0.25, 0.3) is 11.1 Å². The lowest BCUT2D eigenvalue weighted by Crippen LogP contribution is -1.98.